The van der Waals surface area contributed by atoms with Crippen molar-refractivity contribution < 1.29 is 0 Å². The zero-order valence-corrected chi connectivity index (χ0v) is 32.9. The molecule has 4 heteroatoms. The highest BCUT2D eigenvalue weighted by Crippen LogP contribution is 2.56. The molecule has 7 rings (SSSR count). The second-order valence-electron chi connectivity index (χ2n) is 14.3. The van der Waals surface area contributed by atoms with Gasteiger partial charge in [-0.2, -0.15) is 0 Å². The number of allylic oxidation sites excluding steroid dienone is 3. The van der Waals surface area contributed by atoms with E-state index < -0.39 is 8.07 Å². The van der Waals surface area contributed by atoms with Gasteiger partial charge in [0.15, 0.2) is 0 Å². The fraction of sp³-hybridized carbons (Fsp3) is 0.209. The highest BCUT2D eigenvalue weighted by Gasteiger charge is 2.51. The molecule has 0 bridgehead atoms. The first-order chi connectivity index (χ1) is 22.6. The Morgan fingerprint density at radius 3 is 1.74 bits per heavy atom. The minimum atomic E-state index is -2.32. The van der Waals surface area contributed by atoms with Crippen LogP contribution in [0.2, 0.25) is 11.1 Å². The molecule has 0 nitrogen and oxygen atoms in total. The van der Waals surface area contributed by atoms with Crippen LogP contribution in [0.4, 0.5) is 0 Å². The molecule has 5 aromatic carbocycles. The average Bonchev–Trinajstić information content (AvgIpc) is 3.36. The number of hydrogen-bond acceptors (Lipinski definition) is 0. The van der Waals surface area contributed by atoms with E-state index in [9.17, 15) is 0 Å². The van der Waals surface area contributed by atoms with Gasteiger partial charge < -0.3 is 0 Å². The topological polar surface area (TPSA) is 0 Å². The van der Waals surface area contributed by atoms with E-state index in [1.807, 2.05) is 0 Å². The number of rotatable bonds is 6. The van der Waals surface area contributed by atoms with Crippen molar-refractivity contribution in [2.45, 2.75) is 50.1 Å². The third-order valence-corrected chi connectivity index (χ3v) is 18.4. The van der Waals surface area contributed by atoms with E-state index >= 15 is 0 Å². The van der Waals surface area contributed by atoms with Gasteiger partial charge in [0.2, 0.25) is 0 Å². The maximum absolute atomic E-state index is 3.82. The molecule has 2 aliphatic carbocycles. The lowest BCUT2D eigenvalue weighted by Crippen LogP contribution is -2.65. The Balaban J connectivity index is 1.44. The van der Waals surface area contributed by atoms with Crippen LogP contribution in [0.15, 0.2) is 153 Å². The van der Waals surface area contributed by atoms with Crippen LogP contribution in [0.1, 0.15) is 55.9 Å². The minimum absolute atomic E-state index is 0.100. The van der Waals surface area contributed by atoms with Crippen LogP contribution in [0, 0.1) is 5.92 Å². The Labute approximate surface area is 306 Å². The van der Waals surface area contributed by atoms with Gasteiger partial charge in [-0.05, 0) is 99.6 Å². The zero-order valence-electron chi connectivity index (χ0n) is 27.1. The molecular weight excluding hydrogens is 784 g/mol. The molecule has 0 heterocycles. The first kappa shape index (κ1) is 32.8. The maximum atomic E-state index is 3.82. The van der Waals surface area contributed by atoms with E-state index in [-0.39, 0.29) is 10.5 Å². The Kier molecular flexibility index (Phi) is 9.01. The second-order valence-corrected chi connectivity index (χ2v) is 22.0. The van der Waals surface area contributed by atoms with Crippen molar-refractivity contribution in [3.63, 3.8) is 0 Å². The van der Waals surface area contributed by atoms with Gasteiger partial charge in [0.1, 0.15) is 8.07 Å². The predicted molar refractivity (Wildman–Crippen MR) is 214 cm³/mol. The molecule has 0 radical (unpaired) electrons. The van der Waals surface area contributed by atoms with Crippen molar-refractivity contribution in [2.24, 2.45) is 5.92 Å². The summed E-state index contributed by atoms with van der Waals surface area (Å²) in [5, 5.41) is 3.15. The van der Waals surface area contributed by atoms with Gasteiger partial charge in [0, 0.05) is 18.8 Å². The van der Waals surface area contributed by atoms with Crippen LogP contribution >= 0.6 is 47.8 Å². The molecule has 0 saturated heterocycles. The van der Waals surface area contributed by atoms with Crippen molar-refractivity contribution in [1.29, 1.82) is 0 Å². The first-order valence-electron chi connectivity index (χ1n) is 16.4. The van der Waals surface area contributed by atoms with Crippen molar-refractivity contribution >= 4 is 77.4 Å². The predicted octanol–water partition coefficient (Wildman–Crippen LogP) is 12.2. The van der Waals surface area contributed by atoms with Crippen LogP contribution in [-0.2, 0) is 5.41 Å². The Morgan fingerprint density at radius 1 is 0.660 bits per heavy atom. The molecule has 0 amide bonds. The van der Waals surface area contributed by atoms with E-state index in [1.54, 1.807) is 0 Å². The fourth-order valence-corrected chi connectivity index (χ4v) is 15.1. The highest BCUT2D eigenvalue weighted by molar-refractivity contribution is 9.11. The number of benzene rings is 5. The lowest BCUT2D eigenvalue weighted by molar-refractivity contribution is 0.425. The van der Waals surface area contributed by atoms with Crippen LogP contribution in [0.3, 0.4) is 0 Å². The molecule has 5 aromatic rings. The third-order valence-electron chi connectivity index (χ3n) is 10.6. The largest absolute Gasteiger partial charge is 0.123 e. The molecule has 47 heavy (non-hydrogen) atoms. The van der Waals surface area contributed by atoms with Crippen molar-refractivity contribution in [3.8, 4) is 0 Å². The van der Waals surface area contributed by atoms with Gasteiger partial charge in [-0.15, -0.1) is 0 Å². The summed E-state index contributed by atoms with van der Waals surface area (Å²) in [6.45, 7) is 7.47. The summed E-state index contributed by atoms with van der Waals surface area (Å²) in [7, 11) is -2.32. The second kappa shape index (κ2) is 12.9. The monoisotopic (exact) mass is 820 g/mol. The molecule has 0 fully saturated rings. The van der Waals surface area contributed by atoms with Crippen LogP contribution < -0.4 is 10.4 Å². The summed E-state index contributed by atoms with van der Waals surface area (Å²) in [5.74, 6) is 0.394. The highest BCUT2D eigenvalue weighted by atomic mass is 79.9. The Bertz CT molecular complexity index is 1910. The SMILES string of the molecule is CC(C)(C)[Si](C[C@H]1C=C(c2ccc(Br)cc2)C[C@@]2(C=C(c3ccc(Br)cc3)c3cc(Br)ccc32)C1)(c1ccccc1)c1ccccc1. The number of fused-ring (bicyclic) bond motifs is 2. The summed E-state index contributed by atoms with van der Waals surface area (Å²) >= 11 is 11.2. The minimum Gasteiger partial charge on any atom is -0.0778 e. The molecule has 0 N–H and O–H groups in total. The zero-order chi connectivity index (χ0) is 32.8. The third kappa shape index (κ3) is 6.16. The summed E-state index contributed by atoms with van der Waals surface area (Å²) in [5.41, 5.74) is 8.09. The van der Waals surface area contributed by atoms with E-state index in [1.165, 1.54) is 43.8 Å². The van der Waals surface area contributed by atoms with E-state index in [2.05, 4.69) is 208 Å². The molecule has 0 aliphatic heterocycles. The van der Waals surface area contributed by atoms with E-state index in [0.717, 1.165) is 32.3 Å². The standard InChI is InChI=1S/C43H39Br3Si/c1-42(2,3)47(37-10-6-4-7-11-37,38-12-8-5-9-13-38)29-30-24-33(31-14-18-34(44)19-15-31)27-43(26-30)28-40(32-16-20-35(45)21-17-32)39-25-36(46)22-23-41(39)43/h4-25,28,30H,26-27,29H2,1-3H3/t30-,43+/m0/s1. The fourth-order valence-electron chi connectivity index (χ4n) is 8.48. The maximum Gasteiger partial charge on any atom is 0.123 e. The molecular formula is C43H39Br3Si. The van der Waals surface area contributed by atoms with Crippen LogP contribution in [0.5, 0.6) is 0 Å². The average molecular weight is 824 g/mol. The van der Waals surface area contributed by atoms with Gasteiger partial charge in [0.25, 0.3) is 0 Å². The van der Waals surface area contributed by atoms with Gasteiger partial charge in [-0.1, -0.05) is 182 Å². The summed E-state index contributed by atoms with van der Waals surface area (Å²) in [6.07, 6.45) is 7.38. The lowest BCUT2D eigenvalue weighted by atomic mass is 9.67. The molecule has 236 valence electrons. The summed E-state index contributed by atoms with van der Waals surface area (Å²) < 4.78 is 3.34. The quantitative estimate of drug-likeness (QED) is 0.150. The Hall–Kier alpha value is -2.76. The summed E-state index contributed by atoms with van der Waals surface area (Å²) in [6, 6.07) is 48.9. The normalized spacial score (nSPS) is 19.3. The van der Waals surface area contributed by atoms with Crippen molar-refractivity contribution in [3.05, 3.63) is 175 Å². The van der Waals surface area contributed by atoms with E-state index in [4.69, 9.17) is 0 Å². The smallest absolute Gasteiger partial charge is 0.0778 e. The van der Waals surface area contributed by atoms with Gasteiger partial charge >= 0.3 is 0 Å². The van der Waals surface area contributed by atoms with Gasteiger partial charge in [-0.25, -0.2) is 0 Å². The molecule has 2 aliphatic rings. The van der Waals surface area contributed by atoms with Crippen molar-refractivity contribution in [2.75, 3.05) is 0 Å². The van der Waals surface area contributed by atoms with E-state index in [0.29, 0.717) is 5.92 Å². The Morgan fingerprint density at radius 2 is 1.19 bits per heavy atom. The first-order valence-corrected chi connectivity index (χ1v) is 21.0. The molecule has 0 aromatic heterocycles. The lowest BCUT2D eigenvalue weighted by Gasteiger charge is -2.48. The number of halogens is 3. The molecule has 0 unspecified atom stereocenters. The van der Waals surface area contributed by atoms with Gasteiger partial charge in [0.05, 0.1) is 0 Å². The van der Waals surface area contributed by atoms with Gasteiger partial charge in [-0.3, -0.25) is 0 Å². The van der Waals surface area contributed by atoms with Crippen molar-refractivity contribution in [1.82, 2.24) is 0 Å². The van der Waals surface area contributed by atoms with Crippen LogP contribution in [0.25, 0.3) is 11.1 Å². The molecule has 2 atom stereocenters. The number of hydrogen-bond donors (Lipinski definition) is 0. The summed E-state index contributed by atoms with van der Waals surface area (Å²) in [4.78, 5) is 0. The van der Waals surface area contributed by atoms with Crippen LogP contribution in [-0.4, -0.2) is 8.07 Å². The molecule has 0 saturated carbocycles. The molecule has 1 spiro atoms.